The predicted octanol–water partition coefficient (Wildman–Crippen LogP) is 2.71. The summed E-state index contributed by atoms with van der Waals surface area (Å²) in [7, 11) is 3.11. The van der Waals surface area contributed by atoms with Gasteiger partial charge in [-0.05, 0) is 68.2 Å². The van der Waals surface area contributed by atoms with Gasteiger partial charge in [0.05, 0.1) is 25.6 Å². The van der Waals surface area contributed by atoms with Gasteiger partial charge in [-0.3, -0.25) is 33.6 Å². The van der Waals surface area contributed by atoms with Gasteiger partial charge in [0.2, 0.25) is 23.5 Å². The van der Waals surface area contributed by atoms with E-state index in [9.17, 15) is 33.6 Å². The van der Waals surface area contributed by atoms with E-state index in [1.165, 1.54) is 9.80 Å². The van der Waals surface area contributed by atoms with E-state index in [-0.39, 0.29) is 37.6 Å². The van der Waals surface area contributed by atoms with Crippen LogP contribution in [-0.2, 0) is 40.0 Å². The topological polar surface area (TPSA) is 204 Å². The van der Waals surface area contributed by atoms with E-state index in [2.05, 4.69) is 21.3 Å². The molecule has 1 aliphatic heterocycles. The molecule has 15 heteroatoms. The summed E-state index contributed by atoms with van der Waals surface area (Å²) in [5.41, 5.74) is 3.15. The van der Waals surface area contributed by atoms with Crippen molar-refractivity contribution in [3.8, 4) is 5.75 Å². The molecular weight excluding hydrogens is 757 g/mol. The van der Waals surface area contributed by atoms with Crippen molar-refractivity contribution in [3.63, 3.8) is 0 Å². The van der Waals surface area contributed by atoms with E-state index >= 15 is 0 Å². The number of ketones is 1. The van der Waals surface area contributed by atoms with Gasteiger partial charge in [0, 0.05) is 33.7 Å². The molecule has 6 amide bonds. The summed E-state index contributed by atoms with van der Waals surface area (Å²) in [6.07, 6.45) is 9.30. The van der Waals surface area contributed by atoms with Crippen molar-refractivity contribution in [3.05, 3.63) is 88.6 Å². The lowest BCUT2D eigenvalue weighted by atomic mass is 9.93. The number of allylic oxidation sites excluding steroid dienone is 1. The number of carbonyl (C=O) groups excluding carboxylic acids is 7. The number of rotatable bonds is 20. The molecular formula is C44H58N6O9. The summed E-state index contributed by atoms with van der Waals surface area (Å²) >= 11 is 0. The van der Waals surface area contributed by atoms with E-state index in [1.807, 2.05) is 19.1 Å². The molecule has 0 aromatic heterocycles. The fraction of sp³-hybridized carbons (Fsp3) is 0.477. The molecule has 3 unspecified atom stereocenters. The Morgan fingerprint density at radius 1 is 0.932 bits per heavy atom. The lowest BCUT2D eigenvalue weighted by Crippen LogP contribution is -2.52. The molecule has 0 saturated heterocycles. The van der Waals surface area contributed by atoms with Crippen molar-refractivity contribution in [2.45, 2.75) is 96.2 Å². The standard InChI is InChI=1S/C44H58N6O9/c1-5-14-33(40(54)42(56)45-28-38(53)48-39(44(58)49(3)4)32-17-10-7-11-18-32)47-41(55)35-19-12-22-50(35)43(57)34(25-30-15-8-6-9-16-30)46-37(52)27-31-21-20-29(2)36(26-31)59-24-13-23-51/h7,10-11,17-21,25-26,33-34,39,51H,5-6,8-9,12-16,22-24,27-28H2,1-4H3,(H,45,56)(H,46,52)(H,47,55)(H,48,53). The smallest absolute Gasteiger partial charge is 0.290 e. The predicted molar refractivity (Wildman–Crippen MR) is 220 cm³/mol. The van der Waals surface area contributed by atoms with Crippen LogP contribution >= 0.6 is 0 Å². The van der Waals surface area contributed by atoms with Crippen LogP contribution in [0.2, 0.25) is 0 Å². The van der Waals surface area contributed by atoms with Crippen LogP contribution in [0.4, 0.5) is 0 Å². The number of nitrogens with zero attached hydrogens (tertiary/aromatic N) is 2. The van der Waals surface area contributed by atoms with Crippen LogP contribution in [0.1, 0.15) is 87.4 Å². The van der Waals surface area contributed by atoms with Crippen LogP contribution < -0.4 is 26.0 Å². The SMILES string of the molecule is CCCC(NC(=O)C1=CCCN1C(=O)C(C=C1CCCCC1)NC(=O)Cc1ccc(C)c(OCCCO)c1)C(=O)C(=O)NCC(=O)NC(C(=O)N(C)C)c1ccccc1. The molecule has 3 atom stereocenters. The van der Waals surface area contributed by atoms with Crippen LogP contribution in [0, 0.1) is 6.92 Å². The number of Topliss-reactive ketones (excluding diaryl/α,β-unsaturated/α-hetero) is 1. The molecule has 4 rings (SSSR count). The van der Waals surface area contributed by atoms with E-state index in [0.29, 0.717) is 42.7 Å². The maximum absolute atomic E-state index is 14.2. The third kappa shape index (κ3) is 13.6. The fourth-order valence-corrected chi connectivity index (χ4v) is 6.92. The normalized spacial score (nSPS) is 15.2. The highest BCUT2D eigenvalue weighted by Crippen LogP contribution is 2.25. The van der Waals surface area contributed by atoms with Crippen LogP contribution in [0.25, 0.3) is 0 Å². The van der Waals surface area contributed by atoms with E-state index in [4.69, 9.17) is 9.84 Å². The molecule has 0 spiro atoms. The van der Waals surface area contributed by atoms with Gasteiger partial charge in [-0.25, -0.2) is 0 Å². The lowest BCUT2D eigenvalue weighted by molar-refractivity contribution is -0.141. The van der Waals surface area contributed by atoms with Gasteiger partial charge in [0.15, 0.2) is 0 Å². The Hall–Kier alpha value is -5.83. The van der Waals surface area contributed by atoms with Gasteiger partial charge in [-0.2, -0.15) is 0 Å². The van der Waals surface area contributed by atoms with E-state index in [0.717, 1.165) is 43.2 Å². The number of hydrogen-bond acceptors (Lipinski definition) is 9. The first-order chi connectivity index (χ1) is 28.3. The molecule has 1 saturated carbocycles. The van der Waals surface area contributed by atoms with Crippen molar-refractivity contribution in [1.82, 2.24) is 31.1 Å². The summed E-state index contributed by atoms with van der Waals surface area (Å²) in [5, 5.41) is 19.5. The number of hydrogen-bond donors (Lipinski definition) is 5. The van der Waals surface area contributed by atoms with Crippen LogP contribution in [0.5, 0.6) is 5.75 Å². The molecule has 2 aromatic rings. The van der Waals surface area contributed by atoms with Gasteiger partial charge in [0.25, 0.3) is 17.7 Å². The summed E-state index contributed by atoms with van der Waals surface area (Å²) in [6.45, 7) is 3.57. The van der Waals surface area contributed by atoms with Crippen molar-refractivity contribution < 1.29 is 43.4 Å². The zero-order chi connectivity index (χ0) is 42.9. The molecule has 318 valence electrons. The van der Waals surface area contributed by atoms with Gasteiger partial charge in [-0.1, -0.05) is 80.0 Å². The molecule has 0 bridgehead atoms. The molecule has 0 radical (unpaired) electrons. The van der Waals surface area contributed by atoms with Gasteiger partial charge >= 0.3 is 0 Å². The quantitative estimate of drug-likeness (QED) is 0.0757. The van der Waals surface area contributed by atoms with E-state index < -0.39 is 60.0 Å². The first-order valence-corrected chi connectivity index (χ1v) is 20.3. The number of carbonyl (C=O) groups is 7. The number of amides is 6. The fourth-order valence-electron chi connectivity index (χ4n) is 6.92. The molecule has 5 N–H and O–H groups in total. The Morgan fingerprint density at radius 2 is 1.66 bits per heavy atom. The first-order valence-electron chi connectivity index (χ1n) is 20.3. The molecule has 2 aliphatic rings. The summed E-state index contributed by atoms with van der Waals surface area (Å²) in [4.78, 5) is 96.2. The minimum Gasteiger partial charge on any atom is -0.493 e. The average molecular weight is 815 g/mol. The van der Waals surface area contributed by atoms with Crippen molar-refractivity contribution >= 4 is 41.2 Å². The Bertz CT molecular complexity index is 1890. The van der Waals surface area contributed by atoms with Crippen molar-refractivity contribution in [2.24, 2.45) is 0 Å². The number of ether oxygens (including phenoxy) is 1. The molecule has 15 nitrogen and oxygen atoms in total. The third-order valence-electron chi connectivity index (χ3n) is 10.1. The van der Waals surface area contributed by atoms with Crippen LogP contribution in [-0.4, -0.2) is 109 Å². The number of aliphatic hydroxyl groups is 1. The number of benzene rings is 2. The summed E-state index contributed by atoms with van der Waals surface area (Å²) in [5.74, 6) is -4.19. The van der Waals surface area contributed by atoms with Crippen LogP contribution in [0.15, 0.2) is 72.0 Å². The number of aliphatic hydroxyl groups excluding tert-OH is 1. The van der Waals surface area contributed by atoms with Crippen LogP contribution in [0.3, 0.4) is 0 Å². The summed E-state index contributed by atoms with van der Waals surface area (Å²) in [6, 6.07) is 10.7. The van der Waals surface area contributed by atoms with Crippen molar-refractivity contribution in [2.75, 3.05) is 40.4 Å². The van der Waals surface area contributed by atoms with Gasteiger partial charge < -0.3 is 40.9 Å². The Kier molecular flexibility index (Phi) is 17.8. The average Bonchev–Trinajstić information content (AvgIpc) is 3.73. The second-order valence-electron chi connectivity index (χ2n) is 15.0. The Labute approximate surface area is 346 Å². The lowest BCUT2D eigenvalue weighted by Gasteiger charge is -2.27. The third-order valence-corrected chi connectivity index (χ3v) is 10.1. The first kappa shape index (κ1) is 45.9. The molecule has 1 heterocycles. The zero-order valence-corrected chi connectivity index (χ0v) is 34.5. The molecule has 1 aliphatic carbocycles. The highest BCUT2D eigenvalue weighted by Gasteiger charge is 2.35. The molecule has 2 aromatic carbocycles. The Balaban J connectivity index is 1.42. The minimum absolute atomic E-state index is 0.00256. The molecule has 59 heavy (non-hydrogen) atoms. The largest absolute Gasteiger partial charge is 0.493 e. The second kappa shape index (κ2) is 22.9. The maximum atomic E-state index is 14.2. The van der Waals surface area contributed by atoms with Gasteiger partial charge in [0.1, 0.15) is 23.5 Å². The highest BCUT2D eigenvalue weighted by atomic mass is 16.5. The monoisotopic (exact) mass is 814 g/mol. The number of nitrogens with one attached hydrogen (secondary N) is 4. The van der Waals surface area contributed by atoms with Gasteiger partial charge in [-0.15, -0.1) is 0 Å². The zero-order valence-electron chi connectivity index (χ0n) is 34.5. The molecule has 1 fully saturated rings. The highest BCUT2D eigenvalue weighted by molar-refractivity contribution is 6.38. The number of likely N-dealkylation sites (N-methyl/N-ethyl adjacent to an activating group) is 1. The minimum atomic E-state index is -1.26. The number of aryl methyl sites for hydroxylation is 1. The second-order valence-corrected chi connectivity index (χ2v) is 15.0. The van der Waals surface area contributed by atoms with Crippen molar-refractivity contribution in [1.29, 1.82) is 0 Å². The van der Waals surface area contributed by atoms with E-state index in [1.54, 1.807) is 69.6 Å². The Morgan fingerprint density at radius 3 is 2.34 bits per heavy atom. The summed E-state index contributed by atoms with van der Waals surface area (Å²) < 4.78 is 5.78. The maximum Gasteiger partial charge on any atom is 0.290 e.